The van der Waals surface area contributed by atoms with Gasteiger partial charge in [-0.2, -0.15) is 0 Å². The number of hydrogen-bond donors (Lipinski definition) is 0. The zero-order valence-corrected chi connectivity index (χ0v) is 18.3. The predicted molar refractivity (Wildman–Crippen MR) is 116 cm³/mol. The van der Waals surface area contributed by atoms with Crippen LogP contribution in [0.3, 0.4) is 0 Å². The molecule has 2 aliphatic heterocycles. The van der Waals surface area contributed by atoms with Gasteiger partial charge in [-0.3, -0.25) is 0 Å². The fourth-order valence-electron chi connectivity index (χ4n) is 4.09. The molecule has 0 aromatic carbocycles. The van der Waals surface area contributed by atoms with Gasteiger partial charge in [-0.15, -0.1) is 0 Å². The lowest BCUT2D eigenvalue weighted by Gasteiger charge is -2.40. The smallest absolute Gasteiger partial charge is 0.320 e. The molecular formula is C21H30N8O. The Balaban J connectivity index is 1.31. The van der Waals surface area contributed by atoms with Gasteiger partial charge in [-0.25, -0.2) is 24.7 Å². The number of carbonyl (C=O) groups excluding carboxylic acids is 1. The lowest BCUT2D eigenvalue weighted by Crippen LogP contribution is -2.57. The van der Waals surface area contributed by atoms with E-state index >= 15 is 0 Å². The summed E-state index contributed by atoms with van der Waals surface area (Å²) in [6.07, 6.45) is 0. The molecule has 160 valence electrons. The highest BCUT2D eigenvalue weighted by Gasteiger charge is 2.29. The van der Waals surface area contributed by atoms with Crippen LogP contribution in [0.25, 0.3) is 0 Å². The molecule has 2 aromatic rings. The van der Waals surface area contributed by atoms with E-state index in [1.165, 1.54) is 0 Å². The van der Waals surface area contributed by atoms with Crippen LogP contribution in [0.1, 0.15) is 22.8 Å². The van der Waals surface area contributed by atoms with Crippen LogP contribution in [-0.2, 0) is 0 Å². The SMILES string of the molecule is Cc1cc(C)nc(N2CCN(C(=O)N3CCN(c4nc(C)cc(C)n4)CC3)CC2)n1. The van der Waals surface area contributed by atoms with Crippen LogP contribution < -0.4 is 9.80 Å². The summed E-state index contributed by atoms with van der Waals surface area (Å²) in [5.74, 6) is 1.53. The highest BCUT2D eigenvalue weighted by molar-refractivity contribution is 5.75. The Bertz CT molecular complexity index is 803. The third kappa shape index (κ3) is 4.44. The van der Waals surface area contributed by atoms with Crippen molar-refractivity contribution in [2.75, 3.05) is 62.2 Å². The normalized spacial score (nSPS) is 17.5. The van der Waals surface area contributed by atoms with Crippen molar-refractivity contribution in [2.24, 2.45) is 0 Å². The van der Waals surface area contributed by atoms with Crippen molar-refractivity contribution < 1.29 is 4.79 Å². The number of urea groups is 1. The molecule has 30 heavy (non-hydrogen) atoms. The summed E-state index contributed by atoms with van der Waals surface area (Å²) < 4.78 is 0. The van der Waals surface area contributed by atoms with E-state index < -0.39 is 0 Å². The Hall–Kier alpha value is -2.97. The third-order valence-corrected chi connectivity index (χ3v) is 5.61. The van der Waals surface area contributed by atoms with Crippen molar-refractivity contribution in [2.45, 2.75) is 27.7 Å². The van der Waals surface area contributed by atoms with Gasteiger partial charge in [-0.05, 0) is 39.8 Å². The topological polar surface area (TPSA) is 81.6 Å². The minimum absolute atomic E-state index is 0.122. The van der Waals surface area contributed by atoms with Gasteiger partial charge in [0.25, 0.3) is 0 Å². The van der Waals surface area contributed by atoms with E-state index in [2.05, 4.69) is 29.7 Å². The van der Waals surface area contributed by atoms with Crippen LogP contribution in [0.4, 0.5) is 16.7 Å². The second-order valence-corrected chi connectivity index (χ2v) is 8.13. The largest absolute Gasteiger partial charge is 0.337 e. The molecule has 2 aromatic heterocycles. The van der Waals surface area contributed by atoms with Gasteiger partial charge in [0.05, 0.1) is 0 Å². The molecule has 0 N–H and O–H groups in total. The number of rotatable bonds is 2. The van der Waals surface area contributed by atoms with E-state index in [0.29, 0.717) is 26.2 Å². The minimum atomic E-state index is 0.122. The molecule has 9 nitrogen and oxygen atoms in total. The molecule has 0 bridgehead atoms. The van der Waals surface area contributed by atoms with E-state index in [0.717, 1.165) is 60.9 Å². The molecule has 0 aliphatic carbocycles. The summed E-state index contributed by atoms with van der Waals surface area (Å²) in [6.45, 7) is 13.7. The molecule has 2 fully saturated rings. The first-order valence-electron chi connectivity index (χ1n) is 10.6. The molecule has 0 unspecified atom stereocenters. The maximum atomic E-state index is 13.0. The van der Waals surface area contributed by atoms with E-state index in [4.69, 9.17) is 0 Å². The molecule has 9 heteroatoms. The number of amides is 2. The molecule has 2 saturated heterocycles. The molecule has 4 rings (SSSR count). The first kappa shape index (κ1) is 20.3. The maximum absolute atomic E-state index is 13.0. The molecule has 0 spiro atoms. The zero-order valence-electron chi connectivity index (χ0n) is 18.3. The third-order valence-electron chi connectivity index (χ3n) is 5.61. The first-order valence-corrected chi connectivity index (χ1v) is 10.6. The minimum Gasteiger partial charge on any atom is -0.337 e. The summed E-state index contributed by atoms with van der Waals surface area (Å²) in [5.41, 5.74) is 3.90. The van der Waals surface area contributed by atoms with E-state index in [9.17, 15) is 4.79 Å². The van der Waals surface area contributed by atoms with E-state index in [1.54, 1.807) is 0 Å². The highest BCUT2D eigenvalue weighted by atomic mass is 16.2. The van der Waals surface area contributed by atoms with Gasteiger partial charge in [0.1, 0.15) is 0 Å². The molecule has 2 amide bonds. The predicted octanol–water partition coefficient (Wildman–Crippen LogP) is 1.56. The van der Waals surface area contributed by atoms with E-state index in [1.807, 2.05) is 49.6 Å². The lowest BCUT2D eigenvalue weighted by molar-refractivity contribution is 0.147. The highest BCUT2D eigenvalue weighted by Crippen LogP contribution is 2.16. The van der Waals surface area contributed by atoms with Gasteiger partial charge in [0.15, 0.2) is 0 Å². The van der Waals surface area contributed by atoms with Crippen LogP contribution >= 0.6 is 0 Å². The van der Waals surface area contributed by atoms with Crippen molar-refractivity contribution in [3.63, 3.8) is 0 Å². The quantitative estimate of drug-likeness (QED) is 0.743. The Kier molecular flexibility index (Phi) is 5.69. The van der Waals surface area contributed by atoms with Crippen molar-refractivity contribution in [1.82, 2.24) is 29.7 Å². The number of nitrogens with zero attached hydrogens (tertiary/aromatic N) is 8. The van der Waals surface area contributed by atoms with Crippen LogP contribution in [0.2, 0.25) is 0 Å². The Labute approximate surface area is 177 Å². The number of aromatic nitrogens is 4. The first-order chi connectivity index (χ1) is 14.4. The molecule has 2 aliphatic rings. The number of carbonyl (C=O) groups is 1. The van der Waals surface area contributed by atoms with Gasteiger partial charge >= 0.3 is 6.03 Å². The maximum Gasteiger partial charge on any atom is 0.320 e. The number of piperazine rings is 2. The van der Waals surface area contributed by atoms with Crippen molar-refractivity contribution in [3.05, 3.63) is 34.9 Å². The number of aryl methyl sites for hydroxylation is 4. The molecular weight excluding hydrogens is 380 g/mol. The van der Waals surface area contributed by atoms with Crippen molar-refractivity contribution >= 4 is 17.9 Å². The summed E-state index contributed by atoms with van der Waals surface area (Å²) in [5, 5.41) is 0. The van der Waals surface area contributed by atoms with Crippen LogP contribution in [0.5, 0.6) is 0 Å². The van der Waals surface area contributed by atoms with Gasteiger partial charge < -0.3 is 19.6 Å². The van der Waals surface area contributed by atoms with Crippen LogP contribution in [-0.4, -0.2) is 88.1 Å². The summed E-state index contributed by atoms with van der Waals surface area (Å²) in [7, 11) is 0. The Morgan fingerprint density at radius 2 is 0.900 bits per heavy atom. The Morgan fingerprint density at radius 1 is 0.600 bits per heavy atom. The van der Waals surface area contributed by atoms with E-state index in [-0.39, 0.29) is 6.03 Å². The second kappa shape index (κ2) is 8.41. The summed E-state index contributed by atoms with van der Waals surface area (Å²) in [6, 6.07) is 4.08. The average Bonchev–Trinajstić information content (AvgIpc) is 2.72. The summed E-state index contributed by atoms with van der Waals surface area (Å²) >= 11 is 0. The monoisotopic (exact) mass is 410 g/mol. The molecule has 0 saturated carbocycles. The fraction of sp³-hybridized carbons (Fsp3) is 0.571. The van der Waals surface area contributed by atoms with Gasteiger partial charge in [0.2, 0.25) is 11.9 Å². The molecule has 0 atom stereocenters. The Morgan fingerprint density at radius 3 is 1.20 bits per heavy atom. The number of hydrogen-bond acceptors (Lipinski definition) is 7. The van der Waals surface area contributed by atoms with Gasteiger partial charge in [0, 0.05) is 75.1 Å². The molecule has 4 heterocycles. The van der Waals surface area contributed by atoms with Crippen molar-refractivity contribution in [1.29, 1.82) is 0 Å². The summed E-state index contributed by atoms with van der Waals surface area (Å²) in [4.78, 5) is 39.4. The molecule has 0 radical (unpaired) electrons. The van der Waals surface area contributed by atoms with Crippen molar-refractivity contribution in [3.8, 4) is 0 Å². The van der Waals surface area contributed by atoms with Crippen LogP contribution in [0, 0.1) is 27.7 Å². The average molecular weight is 411 g/mol. The standard InChI is InChI=1S/C21H30N8O/c1-15-13-16(2)23-19(22-15)26-5-9-28(10-6-26)21(30)29-11-7-27(8-12-29)20-24-17(3)14-18(4)25-20/h13-14H,5-12H2,1-4H3. The van der Waals surface area contributed by atoms with Crippen LogP contribution in [0.15, 0.2) is 12.1 Å². The fourth-order valence-corrected chi connectivity index (χ4v) is 4.09. The second-order valence-electron chi connectivity index (χ2n) is 8.13. The zero-order chi connectivity index (χ0) is 21.3. The number of anilines is 2. The van der Waals surface area contributed by atoms with Gasteiger partial charge in [-0.1, -0.05) is 0 Å². The lowest BCUT2D eigenvalue weighted by atomic mass is 10.3.